The third kappa shape index (κ3) is 5.07. The molecule has 0 saturated carbocycles. The van der Waals surface area contributed by atoms with Crippen molar-refractivity contribution in [1.82, 2.24) is 10.2 Å². The number of carbonyl (C=O) groups excluding carboxylic acids is 1. The Morgan fingerprint density at radius 2 is 1.78 bits per heavy atom. The Morgan fingerprint density at radius 3 is 2.48 bits per heavy atom. The normalized spacial score (nSPS) is 13.7. The number of urea groups is 1. The molecular weight excluding hydrogens is 362 g/mol. The maximum atomic E-state index is 12.5. The number of aryl methyl sites for hydroxylation is 1. The van der Waals surface area contributed by atoms with Gasteiger partial charge in [0.05, 0.1) is 7.11 Å². The van der Waals surface area contributed by atoms with Crippen LogP contribution in [0.15, 0.2) is 42.5 Å². The summed E-state index contributed by atoms with van der Waals surface area (Å²) in [7, 11) is 1.65. The molecule has 3 rings (SSSR count). The lowest BCUT2D eigenvalue weighted by Gasteiger charge is -2.37. The predicted octanol–water partition coefficient (Wildman–Crippen LogP) is 3.77. The first-order valence-electron chi connectivity index (χ1n) is 9.05. The SMILES string of the molecule is COc1cccc(CNC(=O)N2CCN(c3cccc(C)c3C)CC2)c1.Cl. The smallest absolute Gasteiger partial charge is 0.317 e. The topological polar surface area (TPSA) is 44.8 Å². The molecule has 2 amide bonds. The molecule has 0 aromatic heterocycles. The number of anilines is 1. The van der Waals surface area contributed by atoms with Crippen molar-refractivity contribution in [3.05, 3.63) is 59.2 Å². The number of nitrogens with one attached hydrogen (secondary N) is 1. The Hall–Kier alpha value is -2.40. The number of benzene rings is 2. The number of halogens is 1. The van der Waals surface area contributed by atoms with Crippen molar-refractivity contribution in [1.29, 1.82) is 0 Å². The van der Waals surface area contributed by atoms with Crippen LogP contribution in [0.2, 0.25) is 0 Å². The van der Waals surface area contributed by atoms with Gasteiger partial charge in [-0.15, -0.1) is 12.4 Å². The van der Waals surface area contributed by atoms with Crippen LogP contribution in [-0.2, 0) is 6.54 Å². The molecule has 1 N–H and O–H groups in total. The highest BCUT2D eigenvalue weighted by Crippen LogP contribution is 2.23. The van der Waals surface area contributed by atoms with Crippen LogP contribution in [0.3, 0.4) is 0 Å². The van der Waals surface area contributed by atoms with E-state index >= 15 is 0 Å². The van der Waals surface area contributed by atoms with Gasteiger partial charge in [-0.3, -0.25) is 0 Å². The van der Waals surface area contributed by atoms with E-state index in [9.17, 15) is 4.79 Å². The second-order valence-electron chi connectivity index (χ2n) is 6.70. The summed E-state index contributed by atoms with van der Waals surface area (Å²) in [4.78, 5) is 16.7. The van der Waals surface area contributed by atoms with Crippen molar-refractivity contribution in [3.63, 3.8) is 0 Å². The highest BCUT2D eigenvalue weighted by molar-refractivity contribution is 5.85. The first-order chi connectivity index (χ1) is 12.6. The fraction of sp³-hybridized carbons (Fsp3) is 0.381. The highest BCUT2D eigenvalue weighted by atomic mass is 35.5. The van der Waals surface area contributed by atoms with Gasteiger partial charge < -0.3 is 19.9 Å². The number of hydrogen-bond acceptors (Lipinski definition) is 3. The van der Waals surface area contributed by atoms with Crippen molar-refractivity contribution in [2.45, 2.75) is 20.4 Å². The van der Waals surface area contributed by atoms with Gasteiger partial charge in [-0.25, -0.2) is 4.79 Å². The highest BCUT2D eigenvalue weighted by Gasteiger charge is 2.22. The first-order valence-corrected chi connectivity index (χ1v) is 9.05. The molecule has 0 bridgehead atoms. The zero-order valence-electron chi connectivity index (χ0n) is 16.2. The Bertz CT molecular complexity index is 774. The van der Waals surface area contributed by atoms with Gasteiger partial charge in [-0.1, -0.05) is 24.3 Å². The van der Waals surface area contributed by atoms with Gasteiger partial charge in [0.2, 0.25) is 0 Å². The zero-order valence-corrected chi connectivity index (χ0v) is 17.0. The number of ether oxygens (including phenoxy) is 1. The van der Waals surface area contributed by atoms with Crippen LogP contribution in [-0.4, -0.2) is 44.2 Å². The van der Waals surface area contributed by atoms with E-state index in [1.165, 1.54) is 16.8 Å². The molecule has 5 nitrogen and oxygen atoms in total. The van der Waals surface area contributed by atoms with E-state index < -0.39 is 0 Å². The minimum atomic E-state index is -0.00608. The van der Waals surface area contributed by atoms with E-state index in [2.05, 4.69) is 42.3 Å². The number of carbonyl (C=O) groups is 1. The standard InChI is InChI=1S/C21H27N3O2.ClH/c1-16-6-4-9-20(17(16)2)23-10-12-24(13-11-23)21(25)22-15-18-7-5-8-19(14-18)26-3;/h4-9,14H,10-13,15H2,1-3H3,(H,22,25);1H. The lowest BCUT2D eigenvalue weighted by molar-refractivity contribution is 0.194. The van der Waals surface area contributed by atoms with Gasteiger partial charge in [-0.2, -0.15) is 0 Å². The Kier molecular flexibility index (Phi) is 7.36. The van der Waals surface area contributed by atoms with Gasteiger partial charge in [-0.05, 0) is 48.7 Å². The number of hydrogen-bond donors (Lipinski definition) is 1. The quantitative estimate of drug-likeness (QED) is 0.865. The van der Waals surface area contributed by atoms with E-state index in [4.69, 9.17) is 4.74 Å². The Labute approximate surface area is 167 Å². The summed E-state index contributed by atoms with van der Waals surface area (Å²) in [6.45, 7) is 7.99. The average Bonchev–Trinajstić information content (AvgIpc) is 2.68. The molecule has 0 atom stereocenters. The van der Waals surface area contributed by atoms with Crippen LogP contribution in [0.4, 0.5) is 10.5 Å². The molecule has 2 aromatic carbocycles. The van der Waals surface area contributed by atoms with Crippen molar-refractivity contribution < 1.29 is 9.53 Å². The molecule has 0 radical (unpaired) electrons. The van der Waals surface area contributed by atoms with Crippen LogP contribution < -0.4 is 15.0 Å². The molecular formula is C21H28ClN3O2. The van der Waals surface area contributed by atoms with Gasteiger partial charge in [0, 0.05) is 38.4 Å². The van der Waals surface area contributed by atoms with E-state index in [-0.39, 0.29) is 18.4 Å². The molecule has 1 saturated heterocycles. The summed E-state index contributed by atoms with van der Waals surface area (Å²) in [5.74, 6) is 0.805. The number of rotatable bonds is 4. The maximum absolute atomic E-state index is 12.5. The molecule has 0 spiro atoms. The van der Waals surface area contributed by atoms with E-state index in [0.29, 0.717) is 6.54 Å². The second kappa shape index (κ2) is 9.51. The first kappa shape index (κ1) is 20.9. The molecule has 1 fully saturated rings. The molecule has 6 heteroatoms. The van der Waals surface area contributed by atoms with E-state index in [1.807, 2.05) is 29.2 Å². The lowest BCUT2D eigenvalue weighted by Crippen LogP contribution is -2.51. The summed E-state index contributed by atoms with van der Waals surface area (Å²) in [6, 6.07) is 14.2. The van der Waals surface area contributed by atoms with Crippen LogP contribution in [0.25, 0.3) is 0 Å². The van der Waals surface area contributed by atoms with Crippen molar-refractivity contribution in [2.24, 2.45) is 0 Å². The molecule has 1 aliphatic heterocycles. The van der Waals surface area contributed by atoms with Gasteiger partial charge in [0.25, 0.3) is 0 Å². The molecule has 1 aliphatic rings. The van der Waals surface area contributed by atoms with Crippen molar-refractivity contribution in [3.8, 4) is 5.75 Å². The molecule has 0 unspecified atom stereocenters. The zero-order chi connectivity index (χ0) is 18.5. The van der Waals surface area contributed by atoms with E-state index in [1.54, 1.807) is 7.11 Å². The third-order valence-corrected chi connectivity index (χ3v) is 5.06. The third-order valence-electron chi connectivity index (χ3n) is 5.06. The van der Waals surface area contributed by atoms with Gasteiger partial charge >= 0.3 is 6.03 Å². The van der Waals surface area contributed by atoms with Crippen LogP contribution in [0, 0.1) is 13.8 Å². The lowest BCUT2D eigenvalue weighted by atomic mass is 10.1. The van der Waals surface area contributed by atoms with Crippen LogP contribution in [0.1, 0.15) is 16.7 Å². The molecule has 146 valence electrons. The van der Waals surface area contributed by atoms with Crippen molar-refractivity contribution >= 4 is 24.1 Å². The number of piperazine rings is 1. The average molecular weight is 390 g/mol. The summed E-state index contributed by atoms with van der Waals surface area (Å²) >= 11 is 0. The minimum Gasteiger partial charge on any atom is -0.497 e. The summed E-state index contributed by atoms with van der Waals surface area (Å²) < 4.78 is 5.22. The Balaban J connectivity index is 0.00000261. The maximum Gasteiger partial charge on any atom is 0.317 e. The summed E-state index contributed by atoms with van der Waals surface area (Å²) in [5, 5.41) is 3.01. The van der Waals surface area contributed by atoms with Crippen LogP contribution >= 0.6 is 12.4 Å². The minimum absolute atomic E-state index is 0. The molecule has 27 heavy (non-hydrogen) atoms. The summed E-state index contributed by atoms with van der Waals surface area (Å²) in [5.41, 5.74) is 4.94. The molecule has 1 heterocycles. The number of nitrogens with zero attached hydrogens (tertiary/aromatic N) is 2. The largest absolute Gasteiger partial charge is 0.497 e. The van der Waals surface area contributed by atoms with Crippen molar-refractivity contribution in [2.75, 3.05) is 38.2 Å². The number of methoxy groups -OCH3 is 1. The van der Waals surface area contributed by atoms with Gasteiger partial charge in [0.15, 0.2) is 0 Å². The van der Waals surface area contributed by atoms with Crippen LogP contribution in [0.5, 0.6) is 5.75 Å². The fourth-order valence-corrected chi connectivity index (χ4v) is 3.30. The fourth-order valence-electron chi connectivity index (χ4n) is 3.30. The monoisotopic (exact) mass is 389 g/mol. The molecule has 2 aromatic rings. The Morgan fingerprint density at radius 1 is 1.07 bits per heavy atom. The predicted molar refractivity (Wildman–Crippen MR) is 112 cm³/mol. The summed E-state index contributed by atoms with van der Waals surface area (Å²) in [6.07, 6.45) is 0. The van der Waals surface area contributed by atoms with E-state index in [0.717, 1.165) is 37.5 Å². The molecule has 0 aliphatic carbocycles. The number of amides is 2. The van der Waals surface area contributed by atoms with Gasteiger partial charge in [0.1, 0.15) is 5.75 Å². The second-order valence-corrected chi connectivity index (χ2v) is 6.70.